The van der Waals surface area contributed by atoms with Crippen LogP contribution in [-0.2, 0) is 23.2 Å². The molecule has 214 valence electrons. The fraction of sp³-hybridized carbons (Fsp3) is 0.419. The molecule has 10 heteroatoms. The Hall–Kier alpha value is -3.76. The van der Waals surface area contributed by atoms with E-state index in [2.05, 4.69) is 41.0 Å². The van der Waals surface area contributed by atoms with Crippen molar-refractivity contribution in [2.24, 2.45) is 0 Å². The maximum Gasteiger partial charge on any atom is 0.256 e. The van der Waals surface area contributed by atoms with Gasteiger partial charge in [0.2, 0.25) is 5.91 Å². The summed E-state index contributed by atoms with van der Waals surface area (Å²) in [7, 11) is 0. The Balaban J connectivity index is 1.20. The molecule has 1 aromatic carbocycles. The molecule has 0 radical (unpaired) electrons. The van der Waals surface area contributed by atoms with Crippen LogP contribution in [0.2, 0.25) is 0 Å². The van der Waals surface area contributed by atoms with E-state index in [4.69, 9.17) is 0 Å². The summed E-state index contributed by atoms with van der Waals surface area (Å²) >= 11 is 0. The van der Waals surface area contributed by atoms with Crippen LogP contribution in [0.25, 0.3) is 0 Å². The Morgan fingerprint density at radius 3 is 2.78 bits per heavy atom. The lowest BCUT2D eigenvalue weighted by molar-refractivity contribution is -0.120. The predicted molar refractivity (Wildman–Crippen MR) is 151 cm³/mol. The van der Waals surface area contributed by atoms with Crippen LogP contribution in [0.15, 0.2) is 48.8 Å². The number of nitrogens with one attached hydrogen (secondary N) is 1. The molecule has 41 heavy (non-hydrogen) atoms. The van der Waals surface area contributed by atoms with Crippen LogP contribution in [0.1, 0.15) is 53.6 Å². The van der Waals surface area contributed by atoms with Crippen molar-refractivity contribution in [2.75, 3.05) is 37.6 Å². The second kappa shape index (κ2) is 10.6. The molecule has 1 saturated heterocycles. The van der Waals surface area contributed by atoms with Gasteiger partial charge in [0, 0.05) is 79.8 Å². The van der Waals surface area contributed by atoms with Gasteiger partial charge in [0.25, 0.3) is 5.91 Å². The third-order valence-corrected chi connectivity index (χ3v) is 8.44. The first-order chi connectivity index (χ1) is 19.6. The number of aromatic nitrogens is 2. The summed E-state index contributed by atoms with van der Waals surface area (Å²) in [6.45, 7) is 9.30. The number of amides is 2. The van der Waals surface area contributed by atoms with Crippen LogP contribution < -0.4 is 10.2 Å². The highest BCUT2D eigenvalue weighted by Crippen LogP contribution is 2.40. The molecule has 0 spiro atoms. The van der Waals surface area contributed by atoms with E-state index in [0.717, 1.165) is 23.0 Å². The molecule has 2 atom stereocenters. The van der Waals surface area contributed by atoms with E-state index in [1.54, 1.807) is 18.5 Å². The quantitative estimate of drug-likeness (QED) is 0.499. The topological polar surface area (TPSA) is 81.7 Å². The van der Waals surface area contributed by atoms with Gasteiger partial charge in [0.15, 0.2) is 0 Å². The molecule has 3 aromatic rings. The number of hydrogen-bond acceptors (Lipinski definition) is 6. The van der Waals surface area contributed by atoms with Gasteiger partial charge >= 0.3 is 0 Å². The van der Waals surface area contributed by atoms with Crippen molar-refractivity contribution >= 4 is 17.5 Å². The molecular formula is C31H34F2N6O2. The van der Waals surface area contributed by atoms with E-state index in [1.807, 2.05) is 21.9 Å². The van der Waals surface area contributed by atoms with Crippen LogP contribution in [0.4, 0.5) is 14.5 Å². The summed E-state index contributed by atoms with van der Waals surface area (Å²) in [6.07, 6.45) is 3.68. The third kappa shape index (κ3) is 5.34. The molecule has 3 aliphatic heterocycles. The zero-order valence-electron chi connectivity index (χ0n) is 23.5. The summed E-state index contributed by atoms with van der Waals surface area (Å²) in [5, 5.41) is 3.50. The van der Waals surface area contributed by atoms with Crippen molar-refractivity contribution < 1.29 is 18.4 Å². The monoisotopic (exact) mass is 560 g/mol. The molecule has 0 bridgehead atoms. The minimum absolute atomic E-state index is 0.0224. The average Bonchev–Trinajstić information content (AvgIpc) is 3.39. The SMILES string of the molecule is C[C@@H]1CN(CC(=O)N2CC(C)(C)c3cnc(Cc4ccc(F)cc4F)cc32)[C@@H](CN2Cc3ncccc3C2=O)CN1. The first-order valence-electron chi connectivity index (χ1n) is 14.0. The standard InChI is InChI=1S/C31H34F2N6O2/c1-19-14-37(23(12-35-19)15-38-16-27-24(30(38)41)5-4-8-34-27)17-29(40)39-18-31(2,3)25-13-36-22(11-28(25)39)9-20-6-7-21(32)10-26(20)33/h4-8,10-11,13,19,23,35H,9,12,14-18H2,1-3H3/t19-,23-/m1/s1. The Bertz CT molecular complexity index is 1510. The molecule has 3 aliphatic rings. The molecule has 0 aliphatic carbocycles. The lowest BCUT2D eigenvalue weighted by Crippen LogP contribution is -2.60. The van der Waals surface area contributed by atoms with Crippen molar-refractivity contribution in [1.29, 1.82) is 0 Å². The molecule has 5 heterocycles. The zero-order valence-corrected chi connectivity index (χ0v) is 23.5. The number of benzene rings is 1. The molecular weight excluding hydrogens is 526 g/mol. The first-order valence-corrected chi connectivity index (χ1v) is 14.0. The zero-order chi connectivity index (χ0) is 28.9. The highest BCUT2D eigenvalue weighted by atomic mass is 19.1. The summed E-state index contributed by atoms with van der Waals surface area (Å²) < 4.78 is 27.7. The third-order valence-electron chi connectivity index (χ3n) is 8.44. The molecule has 6 rings (SSSR count). The smallest absolute Gasteiger partial charge is 0.256 e. The predicted octanol–water partition coefficient (Wildman–Crippen LogP) is 3.29. The minimum Gasteiger partial charge on any atom is -0.331 e. The van der Waals surface area contributed by atoms with Gasteiger partial charge in [0.1, 0.15) is 11.6 Å². The molecule has 0 unspecified atom stereocenters. The van der Waals surface area contributed by atoms with Crippen LogP contribution in [0, 0.1) is 11.6 Å². The summed E-state index contributed by atoms with van der Waals surface area (Å²) in [4.78, 5) is 41.6. The van der Waals surface area contributed by atoms with Crippen molar-refractivity contribution in [3.63, 3.8) is 0 Å². The molecule has 0 saturated carbocycles. The molecule has 2 aromatic heterocycles. The maximum atomic E-state index is 14.3. The number of piperazine rings is 1. The Labute approximate surface area is 238 Å². The molecule has 1 N–H and O–H groups in total. The van der Waals surface area contributed by atoms with Gasteiger partial charge in [-0.2, -0.15) is 0 Å². The van der Waals surface area contributed by atoms with Crippen molar-refractivity contribution in [1.82, 2.24) is 25.1 Å². The lowest BCUT2D eigenvalue weighted by Gasteiger charge is -2.41. The van der Waals surface area contributed by atoms with Crippen molar-refractivity contribution in [3.05, 3.63) is 88.5 Å². The number of fused-ring (bicyclic) bond motifs is 2. The number of carbonyl (C=O) groups is 2. The highest BCUT2D eigenvalue weighted by Gasteiger charge is 2.40. The van der Waals surface area contributed by atoms with Crippen LogP contribution >= 0.6 is 0 Å². The van der Waals surface area contributed by atoms with Gasteiger partial charge in [-0.15, -0.1) is 0 Å². The fourth-order valence-corrected chi connectivity index (χ4v) is 6.22. The largest absolute Gasteiger partial charge is 0.331 e. The molecule has 8 nitrogen and oxygen atoms in total. The van der Waals surface area contributed by atoms with E-state index in [-0.39, 0.29) is 42.3 Å². The number of nitrogens with zero attached hydrogens (tertiary/aromatic N) is 5. The minimum atomic E-state index is -0.623. The van der Waals surface area contributed by atoms with E-state index < -0.39 is 11.6 Å². The second-order valence-electron chi connectivity index (χ2n) is 12.0. The maximum absolute atomic E-state index is 14.3. The molecule has 2 amide bonds. The van der Waals surface area contributed by atoms with Gasteiger partial charge in [-0.25, -0.2) is 8.78 Å². The van der Waals surface area contributed by atoms with Crippen molar-refractivity contribution in [2.45, 2.75) is 51.2 Å². The van der Waals surface area contributed by atoms with Gasteiger partial charge in [0.05, 0.1) is 30.0 Å². The molecule has 1 fully saturated rings. The Kier molecular flexibility index (Phi) is 7.07. The number of pyridine rings is 2. The van der Waals surface area contributed by atoms with Crippen molar-refractivity contribution in [3.8, 4) is 0 Å². The number of rotatable bonds is 6. The number of carbonyl (C=O) groups excluding carboxylic acids is 2. The number of anilines is 1. The second-order valence-corrected chi connectivity index (χ2v) is 12.0. The summed E-state index contributed by atoms with van der Waals surface area (Å²) in [5.41, 5.74) is 3.84. The highest BCUT2D eigenvalue weighted by molar-refractivity contribution is 5.98. The van der Waals surface area contributed by atoms with E-state index >= 15 is 0 Å². The summed E-state index contributed by atoms with van der Waals surface area (Å²) in [6, 6.07) is 9.16. The Morgan fingerprint density at radius 2 is 2.00 bits per heavy atom. The summed E-state index contributed by atoms with van der Waals surface area (Å²) in [5.74, 6) is -1.29. The van der Waals surface area contributed by atoms with Crippen LogP contribution in [0.5, 0.6) is 0 Å². The Morgan fingerprint density at radius 1 is 1.17 bits per heavy atom. The average molecular weight is 561 g/mol. The van der Waals surface area contributed by atoms with Gasteiger partial charge < -0.3 is 15.1 Å². The van der Waals surface area contributed by atoms with Gasteiger partial charge in [-0.3, -0.25) is 24.5 Å². The van der Waals surface area contributed by atoms with E-state index in [1.165, 1.54) is 12.1 Å². The van der Waals surface area contributed by atoms with Gasteiger partial charge in [-0.05, 0) is 36.8 Å². The normalized spacial score (nSPS) is 21.7. The number of hydrogen-bond donors (Lipinski definition) is 1. The fourth-order valence-electron chi connectivity index (χ4n) is 6.22. The van der Waals surface area contributed by atoms with Crippen LogP contribution in [0.3, 0.4) is 0 Å². The lowest BCUT2D eigenvalue weighted by atomic mass is 9.88. The van der Waals surface area contributed by atoms with Crippen LogP contribution in [-0.4, -0.2) is 76.4 Å². The first kappa shape index (κ1) is 27.4. The van der Waals surface area contributed by atoms with E-state index in [0.29, 0.717) is 49.5 Å². The van der Waals surface area contributed by atoms with E-state index in [9.17, 15) is 18.4 Å². The van der Waals surface area contributed by atoms with Gasteiger partial charge in [-0.1, -0.05) is 19.9 Å². The number of halogens is 2.